The summed E-state index contributed by atoms with van der Waals surface area (Å²) in [6, 6.07) is 12.6. The van der Waals surface area contributed by atoms with Crippen LogP contribution in [0.1, 0.15) is 12.8 Å². The maximum Gasteiger partial charge on any atom is 0.332 e. The molecule has 1 aliphatic heterocycles. The highest BCUT2D eigenvalue weighted by Crippen LogP contribution is 2.29. The van der Waals surface area contributed by atoms with Crippen LogP contribution in [0.4, 0.5) is 5.69 Å². The molecule has 1 aliphatic rings. The molecule has 8 nitrogen and oxygen atoms in total. The molecule has 1 unspecified atom stereocenters. The van der Waals surface area contributed by atoms with Crippen LogP contribution in [0.3, 0.4) is 0 Å². The van der Waals surface area contributed by atoms with Gasteiger partial charge in [-0.25, -0.2) is 9.78 Å². The Hall–Kier alpha value is -3.30. The number of rotatable bonds is 5. The second kappa shape index (κ2) is 8.09. The number of thiophene rings is 1. The van der Waals surface area contributed by atoms with Crippen LogP contribution < -0.4 is 16.6 Å². The van der Waals surface area contributed by atoms with E-state index in [4.69, 9.17) is 4.74 Å². The fourth-order valence-electron chi connectivity index (χ4n) is 3.95. The van der Waals surface area contributed by atoms with E-state index in [1.165, 1.54) is 20.5 Å². The third-order valence-electron chi connectivity index (χ3n) is 5.38. The van der Waals surface area contributed by atoms with Crippen molar-refractivity contribution in [1.82, 2.24) is 14.1 Å². The minimum Gasteiger partial charge on any atom is -0.376 e. The molecule has 158 valence electrons. The van der Waals surface area contributed by atoms with Gasteiger partial charge in [-0.2, -0.15) is 0 Å². The van der Waals surface area contributed by atoms with E-state index in [9.17, 15) is 14.4 Å². The van der Waals surface area contributed by atoms with E-state index in [0.29, 0.717) is 32.7 Å². The van der Waals surface area contributed by atoms with Crippen molar-refractivity contribution < 1.29 is 9.53 Å². The minimum absolute atomic E-state index is 0.176. The molecule has 5 rings (SSSR count). The normalized spacial score (nSPS) is 16.2. The Morgan fingerprint density at radius 2 is 2.00 bits per heavy atom. The number of amides is 1. The number of aromatic nitrogens is 3. The minimum atomic E-state index is -0.514. The smallest absolute Gasteiger partial charge is 0.332 e. The number of anilines is 1. The number of fused-ring (bicyclic) bond motifs is 3. The van der Waals surface area contributed by atoms with E-state index in [1.807, 2.05) is 24.3 Å². The largest absolute Gasteiger partial charge is 0.376 e. The molecular weight excluding hydrogens is 416 g/mol. The maximum atomic E-state index is 13.4. The first-order chi connectivity index (χ1) is 15.1. The molecule has 0 bridgehead atoms. The van der Waals surface area contributed by atoms with Gasteiger partial charge in [0.1, 0.15) is 16.1 Å². The Bertz CT molecular complexity index is 1380. The Kier molecular flexibility index (Phi) is 5.13. The van der Waals surface area contributed by atoms with Crippen molar-refractivity contribution in [3.63, 3.8) is 0 Å². The number of hydrogen-bond donors (Lipinski definition) is 1. The first kappa shape index (κ1) is 19.7. The molecule has 31 heavy (non-hydrogen) atoms. The number of hydrogen-bond acceptors (Lipinski definition) is 6. The molecule has 0 radical (unpaired) electrons. The standard InChI is InChI=1S/C22H20N4O4S/c27-17(24-14-6-2-1-3-7-14)13-25-18-16-9-4-10-23-20(16)31-19(18)21(28)26(22(25)29)12-15-8-5-11-30-15/h1-4,6-7,9-10,15H,5,8,11-13H2,(H,24,27). The molecule has 0 aliphatic carbocycles. The highest BCUT2D eigenvalue weighted by atomic mass is 32.1. The van der Waals surface area contributed by atoms with Crippen molar-refractivity contribution in [2.45, 2.75) is 32.0 Å². The average Bonchev–Trinajstić information content (AvgIpc) is 3.43. The van der Waals surface area contributed by atoms with Gasteiger partial charge in [-0.15, -0.1) is 11.3 Å². The molecule has 1 atom stereocenters. The van der Waals surface area contributed by atoms with Crippen LogP contribution >= 0.6 is 11.3 Å². The highest BCUT2D eigenvalue weighted by Gasteiger charge is 2.23. The van der Waals surface area contributed by atoms with E-state index >= 15 is 0 Å². The van der Waals surface area contributed by atoms with Gasteiger partial charge in [0.2, 0.25) is 5.91 Å². The summed E-state index contributed by atoms with van der Waals surface area (Å²) in [5.41, 5.74) is 0.217. The van der Waals surface area contributed by atoms with Crippen molar-refractivity contribution in [2.75, 3.05) is 11.9 Å². The van der Waals surface area contributed by atoms with Gasteiger partial charge in [0.25, 0.3) is 5.56 Å². The molecule has 9 heteroatoms. The van der Waals surface area contributed by atoms with Gasteiger partial charge in [0.05, 0.1) is 18.2 Å². The van der Waals surface area contributed by atoms with Crippen LogP contribution in [0.2, 0.25) is 0 Å². The highest BCUT2D eigenvalue weighted by molar-refractivity contribution is 7.25. The van der Waals surface area contributed by atoms with E-state index in [-0.39, 0.29) is 30.7 Å². The Balaban J connectivity index is 1.64. The summed E-state index contributed by atoms with van der Waals surface area (Å²) in [4.78, 5) is 44.4. The number of nitrogens with one attached hydrogen (secondary N) is 1. The van der Waals surface area contributed by atoms with Gasteiger partial charge in [-0.05, 0) is 37.1 Å². The third kappa shape index (κ3) is 3.66. The molecule has 0 spiro atoms. The summed E-state index contributed by atoms with van der Waals surface area (Å²) in [6.45, 7) is 0.592. The van der Waals surface area contributed by atoms with E-state index in [0.717, 1.165) is 12.8 Å². The topological polar surface area (TPSA) is 95.2 Å². The second-order valence-electron chi connectivity index (χ2n) is 7.47. The predicted octanol–water partition coefficient (Wildman–Crippen LogP) is 2.59. The zero-order valence-corrected chi connectivity index (χ0v) is 17.4. The molecular formula is C22H20N4O4S. The van der Waals surface area contributed by atoms with Gasteiger partial charge in [0, 0.05) is 23.9 Å². The molecule has 4 aromatic rings. The van der Waals surface area contributed by atoms with Crippen molar-refractivity contribution in [1.29, 1.82) is 0 Å². The second-order valence-corrected chi connectivity index (χ2v) is 8.47. The van der Waals surface area contributed by atoms with Gasteiger partial charge in [-0.3, -0.25) is 18.7 Å². The maximum absolute atomic E-state index is 13.4. The average molecular weight is 436 g/mol. The lowest BCUT2D eigenvalue weighted by molar-refractivity contribution is -0.116. The Morgan fingerprint density at radius 1 is 1.16 bits per heavy atom. The summed E-state index contributed by atoms with van der Waals surface area (Å²) in [6.07, 6.45) is 3.17. The van der Waals surface area contributed by atoms with Crippen molar-refractivity contribution in [3.8, 4) is 0 Å². The van der Waals surface area contributed by atoms with Crippen LogP contribution in [0.25, 0.3) is 20.4 Å². The lowest BCUT2D eigenvalue weighted by Gasteiger charge is -2.15. The monoisotopic (exact) mass is 436 g/mol. The summed E-state index contributed by atoms with van der Waals surface area (Å²) in [7, 11) is 0. The first-order valence-corrected chi connectivity index (χ1v) is 10.9. The predicted molar refractivity (Wildman–Crippen MR) is 120 cm³/mol. The lowest BCUT2D eigenvalue weighted by atomic mass is 10.2. The number of carbonyl (C=O) groups is 1. The molecule has 1 saturated heterocycles. The molecule has 0 saturated carbocycles. The number of carbonyl (C=O) groups excluding carboxylic acids is 1. The molecule has 1 aromatic carbocycles. The summed E-state index contributed by atoms with van der Waals surface area (Å²) in [5, 5.41) is 3.50. The summed E-state index contributed by atoms with van der Waals surface area (Å²) < 4.78 is 8.63. The van der Waals surface area contributed by atoms with Gasteiger partial charge in [0.15, 0.2) is 0 Å². The van der Waals surface area contributed by atoms with Crippen LogP contribution in [0, 0.1) is 0 Å². The van der Waals surface area contributed by atoms with Crippen LogP contribution in [-0.2, 0) is 22.6 Å². The Morgan fingerprint density at radius 3 is 2.77 bits per heavy atom. The summed E-state index contributed by atoms with van der Waals surface area (Å²) in [5.74, 6) is -0.347. The van der Waals surface area contributed by atoms with Crippen molar-refractivity contribution in [3.05, 3.63) is 69.5 Å². The number of ether oxygens (including phenoxy) is 1. The zero-order chi connectivity index (χ0) is 21.4. The van der Waals surface area contributed by atoms with Crippen LogP contribution in [0.5, 0.6) is 0 Å². The zero-order valence-electron chi connectivity index (χ0n) is 16.6. The van der Waals surface area contributed by atoms with Gasteiger partial charge < -0.3 is 10.1 Å². The van der Waals surface area contributed by atoms with Crippen molar-refractivity contribution >= 4 is 43.4 Å². The first-order valence-electron chi connectivity index (χ1n) is 10.1. The fourth-order valence-corrected chi connectivity index (χ4v) is 5.04. The van der Waals surface area contributed by atoms with E-state index in [2.05, 4.69) is 10.3 Å². The number of nitrogens with zero attached hydrogens (tertiary/aromatic N) is 3. The molecule has 1 amide bonds. The molecule has 1 fully saturated rings. The van der Waals surface area contributed by atoms with Gasteiger partial charge in [-0.1, -0.05) is 18.2 Å². The number of benzene rings is 1. The lowest BCUT2D eigenvalue weighted by Crippen LogP contribution is -2.43. The van der Waals surface area contributed by atoms with Crippen LogP contribution in [0.15, 0.2) is 58.3 Å². The van der Waals surface area contributed by atoms with Gasteiger partial charge >= 0.3 is 5.69 Å². The SMILES string of the molecule is O=C(Cn1c(=O)n(CC2CCCO2)c(=O)c2sc3ncccc3c21)Nc1ccccc1. The molecule has 1 N–H and O–H groups in total. The quantitative estimate of drug-likeness (QED) is 0.519. The fraction of sp³-hybridized carbons (Fsp3) is 0.273. The summed E-state index contributed by atoms with van der Waals surface area (Å²) >= 11 is 1.24. The number of pyridine rings is 1. The van der Waals surface area contributed by atoms with E-state index < -0.39 is 5.69 Å². The molecule has 3 aromatic heterocycles. The molecule has 4 heterocycles. The van der Waals surface area contributed by atoms with Crippen LogP contribution in [-0.4, -0.2) is 32.7 Å². The van der Waals surface area contributed by atoms with Crippen molar-refractivity contribution in [2.24, 2.45) is 0 Å². The Labute approximate surface area is 180 Å². The third-order valence-corrected chi connectivity index (χ3v) is 6.47. The van der Waals surface area contributed by atoms with E-state index in [1.54, 1.807) is 24.4 Å². The number of para-hydroxylation sites is 1.